The van der Waals surface area contributed by atoms with Crippen molar-refractivity contribution in [3.05, 3.63) is 48.3 Å². The van der Waals surface area contributed by atoms with Crippen molar-refractivity contribution in [3.63, 3.8) is 0 Å². The minimum Gasteiger partial charge on any atom is -0.411 e. The molecule has 0 amide bonds. The molecular formula is C16H23N3O2. The lowest BCUT2D eigenvalue weighted by Crippen LogP contribution is -2.39. The van der Waals surface area contributed by atoms with Gasteiger partial charge in [0.25, 0.3) is 0 Å². The monoisotopic (exact) mass is 289 g/mol. The summed E-state index contributed by atoms with van der Waals surface area (Å²) < 4.78 is 5.69. The molecule has 0 bridgehead atoms. The van der Waals surface area contributed by atoms with Gasteiger partial charge >= 0.3 is 0 Å². The van der Waals surface area contributed by atoms with E-state index in [2.05, 4.69) is 29.4 Å². The maximum Gasteiger partial charge on any atom is 0.142 e. The molecule has 1 N–H and O–H groups in total. The zero-order valence-corrected chi connectivity index (χ0v) is 12.4. The number of aryl methyl sites for hydroxylation is 1. The molecule has 1 aliphatic rings. The van der Waals surface area contributed by atoms with E-state index in [4.69, 9.17) is 9.94 Å². The minimum atomic E-state index is -0.0701. The molecule has 21 heavy (non-hydrogen) atoms. The molecule has 1 aromatic rings. The van der Waals surface area contributed by atoms with Gasteiger partial charge in [-0.15, -0.1) is 0 Å². The van der Waals surface area contributed by atoms with E-state index >= 15 is 0 Å². The normalized spacial score (nSPS) is 18.0. The fraction of sp³-hybridized carbons (Fsp3) is 0.438. The molecular weight excluding hydrogens is 266 g/mol. The van der Waals surface area contributed by atoms with Crippen molar-refractivity contribution in [2.24, 2.45) is 5.16 Å². The smallest absolute Gasteiger partial charge is 0.142 e. The molecule has 0 fully saturated rings. The Kier molecular flexibility index (Phi) is 6.09. The van der Waals surface area contributed by atoms with Gasteiger partial charge in [0, 0.05) is 26.1 Å². The lowest BCUT2D eigenvalue weighted by Gasteiger charge is -2.26. The number of rotatable bonds is 8. The fourth-order valence-corrected chi connectivity index (χ4v) is 2.32. The number of hydrogen-bond donors (Lipinski definition) is 1. The van der Waals surface area contributed by atoms with Crippen LogP contribution in [0.5, 0.6) is 0 Å². The van der Waals surface area contributed by atoms with Crippen LogP contribution in [0, 0.1) is 0 Å². The number of ether oxygens (including phenoxy) is 1. The number of nitrogens with zero attached hydrogens (tertiary/aromatic N) is 3. The van der Waals surface area contributed by atoms with Crippen molar-refractivity contribution >= 4 is 6.21 Å². The molecule has 2 rings (SSSR count). The number of unbranched alkanes of at least 4 members (excludes halogenated alkanes) is 1. The highest BCUT2D eigenvalue weighted by Crippen LogP contribution is 2.12. The quantitative estimate of drug-likeness (QED) is 0.346. The van der Waals surface area contributed by atoms with Crippen LogP contribution >= 0.6 is 0 Å². The Balaban J connectivity index is 1.58. The SMILES string of the molecule is CN1C=CN(COCCCCc2ccccc2)C1/C=N\O. The standard InChI is InChI=1S/C16H23N3O2/c1-18-10-11-19(16(18)13-17-20)14-21-12-6-5-9-15-7-3-2-4-8-15/h2-4,7-8,10-11,13,16,20H,5-6,9,12,14H2,1H3/b17-13-. The molecule has 0 aliphatic carbocycles. The minimum absolute atomic E-state index is 0.0701. The molecule has 114 valence electrons. The van der Waals surface area contributed by atoms with E-state index in [1.807, 2.05) is 35.3 Å². The lowest BCUT2D eigenvalue weighted by molar-refractivity contribution is 0.0327. The van der Waals surface area contributed by atoms with E-state index in [1.165, 1.54) is 11.8 Å². The van der Waals surface area contributed by atoms with Crippen molar-refractivity contribution in [1.82, 2.24) is 9.80 Å². The van der Waals surface area contributed by atoms with Crippen LogP contribution in [0.1, 0.15) is 18.4 Å². The highest BCUT2D eigenvalue weighted by Gasteiger charge is 2.21. The van der Waals surface area contributed by atoms with Crippen LogP contribution in [-0.4, -0.2) is 47.8 Å². The molecule has 1 unspecified atom stereocenters. The van der Waals surface area contributed by atoms with Crippen molar-refractivity contribution in [2.45, 2.75) is 25.4 Å². The number of oxime groups is 1. The Morgan fingerprint density at radius 1 is 1.24 bits per heavy atom. The van der Waals surface area contributed by atoms with Crippen LogP contribution < -0.4 is 0 Å². The molecule has 0 saturated carbocycles. The summed E-state index contributed by atoms with van der Waals surface area (Å²) in [5, 5.41) is 11.8. The van der Waals surface area contributed by atoms with Crippen LogP contribution in [-0.2, 0) is 11.2 Å². The zero-order valence-electron chi connectivity index (χ0n) is 12.4. The molecule has 0 aromatic heterocycles. The van der Waals surface area contributed by atoms with Gasteiger partial charge in [0.15, 0.2) is 0 Å². The van der Waals surface area contributed by atoms with E-state index in [0.717, 1.165) is 25.9 Å². The summed E-state index contributed by atoms with van der Waals surface area (Å²) in [6.45, 7) is 1.24. The molecule has 1 atom stereocenters. The highest BCUT2D eigenvalue weighted by atomic mass is 16.5. The second kappa shape index (κ2) is 8.32. The molecule has 5 heteroatoms. The van der Waals surface area contributed by atoms with Gasteiger partial charge in [-0.25, -0.2) is 0 Å². The average molecular weight is 289 g/mol. The maximum atomic E-state index is 8.66. The first-order valence-corrected chi connectivity index (χ1v) is 7.26. The molecule has 0 radical (unpaired) electrons. The Labute approximate surface area is 126 Å². The average Bonchev–Trinajstić information content (AvgIpc) is 2.85. The summed E-state index contributed by atoms with van der Waals surface area (Å²) in [5.41, 5.74) is 1.38. The van der Waals surface area contributed by atoms with Crippen LogP contribution in [0.2, 0.25) is 0 Å². The molecule has 0 spiro atoms. The van der Waals surface area contributed by atoms with Crippen LogP contribution in [0.3, 0.4) is 0 Å². The molecule has 5 nitrogen and oxygen atoms in total. The Morgan fingerprint density at radius 3 is 2.81 bits per heavy atom. The highest BCUT2D eigenvalue weighted by molar-refractivity contribution is 5.64. The van der Waals surface area contributed by atoms with Crippen molar-refractivity contribution in [3.8, 4) is 0 Å². The van der Waals surface area contributed by atoms with E-state index in [1.54, 1.807) is 0 Å². The van der Waals surface area contributed by atoms with Gasteiger partial charge in [-0.1, -0.05) is 35.5 Å². The van der Waals surface area contributed by atoms with E-state index < -0.39 is 0 Å². The summed E-state index contributed by atoms with van der Waals surface area (Å²) in [6, 6.07) is 10.5. The summed E-state index contributed by atoms with van der Waals surface area (Å²) in [6.07, 6.45) is 8.55. The Bertz CT molecular complexity index is 462. The van der Waals surface area contributed by atoms with Gasteiger partial charge < -0.3 is 19.7 Å². The van der Waals surface area contributed by atoms with Crippen molar-refractivity contribution in [2.75, 3.05) is 20.4 Å². The van der Waals surface area contributed by atoms with E-state index in [-0.39, 0.29) is 6.17 Å². The second-order valence-corrected chi connectivity index (χ2v) is 5.14. The molecule has 1 aliphatic heterocycles. The zero-order chi connectivity index (χ0) is 14.9. The lowest BCUT2D eigenvalue weighted by atomic mass is 10.1. The van der Waals surface area contributed by atoms with Gasteiger partial charge in [0.05, 0.1) is 6.21 Å². The third-order valence-electron chi connectivity index (χ3n) is 3.54. The van der Waals surface area contributed by atoms with Crippen molar-refractivity contribution in [1.29, 1.82) is 0 Å². The van der Waals surface area contributed by atoms with Gasteiger partial charge in [0.1, 0.15) is 12.9 Å². The predicted octanol–water partition coefficient (Wildman–Crippen LogP) is 2.49. The van der Waals surface area contributed by atoms with Gasteiger partial charge in [-0.3, -0.25) is 0 Å². The Hall–Kier alpha value is -2.01. The predicted molar refractivity (Wildman–Crippen MR) is 83.0 cm³/mol. The van der Waals surface area contributed by atoms with E-state index in [0.29, 0.717) is 6.73 Å². The Morgan fingerprint density at radius 2 is 2.05 bits per heavy atom. The first kappa shape index (κ1) is 15.4. The van der Waals surface area contributed by atoms with E-state index in [9.17, 15) is 0 Å². The first-order chi connectivity index (χ1) is 10.3. The maximum absolute atomic E-state index is 8.66. The molecule has 1 aromatic carbocycles. The first-order valence-electron chi connectivity index (χ1n) is 7.26. The fourth-order valence-electron chi connectivity index (χ4n) is 2.32. The summed E-state index contributed by atoms with van der Waals surface area (Å²) >= 11 is 0. The second-order valence-electron chi connectivity index (χ2n) is 5.14. The largest absolute Gasteiger partial charge is 0.411 e. The topological polar surface area (TPSA) is 48.3 Å². The summed E-state index contributed by atoms with van der Waals surface area (Å²) in [7, 11) is 1.93. The summed E-state index contributed by atoms with van der Waals surface area (Å²) in [4.78, 5) is 3.94. The van der Waals surface area contributed by atoms with Crippen molar-refractivity contribution < 1.29 is 9.94 Å². The third-order valence-corrected chi connectivity index (χ3v) is 3.54. The van der Waals surface area contributed by atoms with Crippen LogP contribution in [0.15, 0.2) is 47.9 Å². The summed E-state index contributed by atoms with van der Waals surface area (Å²) in [5.74, 6) is 0. The van der Waals surface area contributed by atoms with Crippen LogP contribution in [0.25, 0.3) is 0 Å². The molecule has 1 heterocycles. The van der Waals surface area contributed by atoms with Gasteiger partial charge in [0.2, 0.25) is 0 Å². The van der Waals surface area contributed by atoms with Gasteiger partial charge in [-0.05, 0) is 24.8 Å². The van der Waals surface area contributed by atoms with Crippen LogP contribution in [0.4, 0.5) is 0 Å². The molecule has 0 saturated heterocycles. The number of benzene rings is 1. The van der Waals surface area contributed by atoms with Gasteiger partial charge in [-0.2, -0.15) is 0 Å². The number of hydrogen-bond acceptors (Lipinski definition) is 5. The third kappa shape index (κ3) is 4.79.